The Balaban J connectivity index is 0.000000956. The maximum atomic E-state index is 12.7. The molecule has 0 aliphatic carbocycles. The van der Waals surface area contributed by atoms with E-state index in [9.17, 15) is 18.0 Å². The number of nitrogens with one attached hydrogen (secondary N) is 1. The Labute approximate surface area is 112 Å². The van der Waals surface area contributed by atoms with Gasteiger partial charge in [0.05, 0.1) is 0 Å². The fourth-order valence-electron chi connectivity index (χ4n) is 1.57. The van der Waals surface area contributed by atoms with Crippen LogP contribution in [-0.2, 0) is 6.18 Å². The number of hydrogen-bond donors (Lipinski definition) is 1. The van der Waals surface area contributed by atoms with Crippen LogP contribution in [0.1, 0.15) is 36.4 Å². The smallest absolute Gasteiger partial charge is 0.284 e. The summed E-state index contributed by atoms with van der Waals surface area (Å²) in [5.74, 6) is 0. The van der Waals surface area contributed by atoms with Gasteiger partial charge in [-0.1, -0.05) is 13.8 Å². The van der Waals surface area contributed by atoms with E-state index < -0.39 is 23.0 Å². The zero-order chi connectivity index (χ0) is 15.7. The molecule has 0 saturated carbocycles. The molecule has 0 unspecified atom stereocenters. The molecule has 108 valence electrons. The van der Waals surface area contributed by atoms with Crippen LogP contribution in [0.2, 0.25) is 0 Å². The third kappa shape index (κ3) is 2.39. The zero-order valence-electron chi connectivity index (χ0n) is 11.4. The van der Waals surface area contributed by atoms with Gasteiger partial charge in [-0.05, 0) is 13.8 Å². The third-order valence-corrected chi connectivity index (χ3v) is 2.64. The minimum Gasteiger partial charge on any atom is -0.284 e. The summed E-state index contributed by atoms with van der Waals surface area (Å²) in [6.07, 6.45) is -4.74. The van der Waals surface area contributed by atoms with Gasteiger partial charge in [-0.25, -0.2) is 4.98 Å². The van der Waals surface area contributed by atoms with Crippen LogP contribution in [0.15, 0.2) is 4.79 Å². The minimum absolute atomic E-state index is 0.229. The normalized spacial score (nSPS) is 10.9. The summed E-state index contributed by atoms with van der Waals surface area (Å²) in [6, 6.07) is 1.43. The molecule has 0 spiro atoms. The van der Waals surface area contributed by atoms with Gasteiger partial charge in [-0.2, -0.15) is 22.9 Å². The van der Waals surface area contributed by atoms with Crippen molar-refractivity contribution < 1.29 is 13.2 Å². The summed E-state index contributed by atoms with van der Waals surface area (Å²) >= 11 is 0. The van der Waals surface area contributed by atoms with E-state index in [4.69, 9.17) is 5.26 Å². The van der Waals surface area contributed by atoms with Gasteiger partial charge in [0.25, 0.3) is 5.56 Å². The molecular formula is C12H13F3N4O. The lowest BCUT2D eigenvalue weighted by atomic mass is 10.2. The molecule has 20 heavy (non-hydrogen) atoms. The molecule has 0 aromatic carbocycles. The molecule has 0 bridgehead atoms. The molecule has 0 fully saturated rings. The van der Waals surface area contributed by atoms with Crippen molar-refractivity contribution in [3.05, 3.63) is 32.9 Å². The number of aryl methyl sites for hydroxylation is 1. The third-order valence-electron chi connectivity index (χ3n) is 2.64. The van der Waals surface area contributed by atoms with Gasteiger partial charge in [0, 0.05) is 11.3 Å². The van der Waals surface area contributed by atoms with Crippen LogP contribution in [0.5, 0.6) is 0 Å². The van der Waals surface area contributed by atoms with Crippen molar-refractivity contribution >= 4 is 5.65 Å². The Morgan fingerprint density at radius 1 is 1.30 bits per heavy atom. The highest BCUT2D eigenvalue weighted by Gasteiger charge is 2.38. The summed E-state index contributed by atoms with van der Waals surface area (Å²) in [4.78, 5) is 15.6. The second-order valence-corrected chi connectivity index (χ2v) is 3.76. The van der Waals surface area contributed by atoms with Gasteiger partial charge in [0.15, 0.2) is 11.3 Å². The molecule has 0 amide bonds. The molecule has 0 saturated heterocycles. The topological polar surface area (TPSA) is 73.9 Å². The Morgan fingerprint density at radius 3 is 2.30 bits per heavy atom. The molecule has 2 aromatic rings. The molecule has 8 heteroatoms. The highest BCUT2D eigenvalue weighted by molar-refractivity contribution is 5.58. The van der Waals surface area contributed by atoms with Gasteiger partial charge in [-0.15, -0.1) is 0 Å². The van der Waals surface area contributed by atoms with Crippen molar-refractivity contribution in [3.63, 3.8) is 0 Å². The van der Waals surface area contributed by atoms with E-state index in [0.29, 0.717) is 10.2 Å². The van der Waals surface area contributed by atoms with Crippen LogP contribution >= 0.6 is 0 Å². The number of H-pyrrole nitrogens is 1. The van der Waals surface area contributed by atoms with Crippen molar-refractivity contribution in [2.24, 2.45) is 0 Å². The van der Waals surface area contributed by atoms with E-state index in [1.165, 1.54) is 19.9 Å². The van der Waals surface area contributed by atoms with Crippen LogP contribution in [0.4, 0.5) is 13.2 Å². The molecule has 0 aliphatic heterocycles. The van der Waals surface area contributed by atoms with Crippen molar-refractivity contribution in [1.82, 2.24) is 14.6 Å². The Hall–Kier alpha value is -2.30. The summed E-state index contributed by atoms with van der Waals surface area (Å²) in [5.41, 5.74) is -2.37. The van der Waals surface area contributed by atoms with E-state index in [1.54, 1.807) is 0 Å². The van der Waals surface area contributed by atoms with Gasteiger partial charge >= 0.3 is 6.18 Å². The number of hydrogen-bond acceptors (Lipinski definition) is 3. The first-order chi connectivity index (χ1) is 9.27. The average molecular weight is 286 g/mol. The first-order valence-corrected chi connectivity index (χ1v) is 5.86. The number of halogens is 3. The number of fused-ring (bicyclic) bond motifs is 1. The van der Waals surface area contributed by atoms with Crippen molar-refractivity contribution in [2.45, 2.75) is 33.9 Å². The number of nitriles is 1. The number of nitrogens with zero attached hydrogens (tertiary/aromatic N) is 3. The van der Waals surface area contributed by atoms with Crippen molar-refractivity contribution in [1.29, 1.82) is 5.26 Å². The van der Waals surface area contributed by atoms with Crippen LogP contribution in [0.3, 0.4) is 0 Å². The maximum Gasteiger partial charge on any atom is 0.434 e. The van der Waals surface area contributed by atoms with E-state index in [1.807, 2.05) is 18.9 Å². The minimum atomic E-state index is -4.74. The average Bonchev–Trinajstić information content (AvgIpc) is 2.77. The van der Waals surface area contributed by atoms with Crippen LogP contribution in [0.25, 0.3) is 5.65 Å². The van der Waals surface area contributed by atoms with Crippen LogP contribution in [0, 0.1) is 25.2 Å². The molecule has 1 N–H and O–H groups in total. The molecular weight excluding hydrogens is 273 g/mol. The predicted octanol–water partition coefficient (Wildman–Crippen LogP) is 2.56. The van der Waals surface area contributed by atoms with Crippen molar-refractivity contribution in [3.8, 4) is 6.07 Å². The largest absolute Gasteiger partial charge is 0.434 e. The molecule has 0 radical (unpaired) electrons. The summed E-state index contributed by atoms with van der Waals surface area (Å²) < 4.78 is 38.7. The summed E-state index contributed by atoms with van der Waals surface area (Å²) in [5, 5.41) is 10.7. The number of rotatable bonds is 0. The molecule has 0 aliphatic rings. The van der Waals surface area contributed by atoms with E-state index in [2.05, 4.69) is 4.98 Å². The summed E-state index contributed by atoms with van der Waals surface area (Å²) in [6.45, 7) is 6.95. The Kier molecular flexibility index (Phi) is 4.23. The van der Waals surface area contributed by atoms with Gasteiger partial charge < -0.3 is 0 Å². The number of aromatic amines is 1. The lowest BCUT2D eigenvalue weighted by Gasteiger charge is -2.01. The van der Waals surface area contributed by atoms with Crippen molar-refractivity contribution in [2.75, 3.05) is 0 Å². The number of alkyl halides is 3. The fourth-order valence-corrected chi connectivity index (χ4v) is 1.57. The fraction of sp³-hybridized carbons (Fsp3) is 0.417. The first-order valence-electron chi connectivity index (χ1n) is 5.86. The van der Waals surface area contributed by atoms with Crippen LogP contribution in [-0.4, -0.2) is 14.6 Å². The highest BCUT2D eigenvalue weighted by Crippen LogP contribution is 2.31. The molecule has 5 nitrogen and oxygen atoms in total. The Bertz CT molecular complexity index is 734. The maximum absolute atomic E-state index is 12.7. The van der Waals surface area contributed by atoms with E-state index in [-0.39, 0.29) is 11.2 Å². The van der Waals surface area contributed by atoms with Gasteiger partial charge in [0.1, 0.15) is 11.6 Å². The second kappa shape index (κ2) is 5.36. The lowest BCUT2D eigenvalue weighted by Crippen LogP contribution is -2.20. The monoisotopic (exact) mass is 286 g/mol. The predicted molar refractivity (Wildman–Crippen MR) is 66.4 cm³/mol. The molecule has 2 aromatic heterocycles. The summed E-state index contributed by atoms with van der Waals surface area (Å²) in [7, 11) is 0. The molecule has 2 heterocycles. The lowest BCUT2D eigenvalue weighted by molar-refractivity contribution is -0.141. The zero-order valence-corrected chi connectivity index (χ0v) is 11.4. The quantitative estimate of drug-likeness (QED) is 0.808. The van der Waals surface area contributed by atoms with E-state index >= 15 is 0 Å². The first kappa shape index (κ1) is 15.8. The Morgan fingerprint density at radius 2 is 1.85 bits per heavy atom. The van der Waals surface area contributed by atoms with Crippen LogP contribution < -0.4 is 5.56 Å². The van der Waals surface area contributed by atoms with E-state index in [0.717, 1.165) is 0 Å². The van der Waals surface area contributed by atoms with Gasteiger partial charge in [-0.3, -0.25) is 9.89 Å². The second-order valence-electron chi connectivity index (χ2n) is 3.76. The highest BCUT2D eigenvalue weighted by atomic mass is 19.4. The number of aromatic nitrogens is 3. The molecule has 2 rings (SSSR count). The molecule has 0 atom stereocenters. The van der Waals surface area contributed by atoms with Gasteiger partial charge in [0.2, 0.25) is 0 Å². The standard InChI is InChI=1S/C10H7F3N4O.C2H6/c1-4-5(2)15-8-6(3-14)7(10(11,12)13)16-17(8)9(4)18;1-2/h16H,1-2H3;1-2H3. The SMILES string of the molecule is CC.Cc1nc2c(C#N)c(C(F)(F)F)[nH]n2c(=O)c1C.